The number of nitrogen functional groups attached to an aromatic ring is 1. The van der Waals surface area contributed by atoms with Gasteiger partial charge in [-0.05, 0) is 24.3 Å². The summed E-state index contributed by atoms with van der Waals surface area (Å²) in [6.45, 7) is 0.539. The van der Waals surface area contributed by atoms with Gasteiger partial charge < -0.3 is 5.73 Å². The van der Waals surface area contributed by atoms with Crippen molar-refractivity contribution >= 4 is 15.7 Å². The van der Waals surface area contributed by atoms with Gasteiger partial charge in [-0.15, -0.1) is 0 Å². The molecule has 8 heteroatoms. The number of sulfonamides is 1. The summed E-state index contributed by atoms with van der Waals surface area (Å²) < 4.78 is 40.9. The maximum Gasteiger partial charge on any atom is 0.240 e. The maximum atomic E-state index is 13.1. The van der Waals surface area contributed by atoms with Crippen molar-refractivity contribution in [3.63, 3.8) is 0 Å². The number of nitrogens with zero attached hydrogens (tertiary/aromatic N) is 2. The topological polar surface area (TPSA) is 90.0 Å². The first-order chi connectivity index (χ1) is 8.97. The van der Waals surface area contributed by atoms with Gasteiger partial charge in [-0.25, -0.2) is 17.5 Å². The number of aromatic nitrogens is 2. The van der Waals surface area contributed by atoms with E-state index in [4.69, 9.17) is 5.73 Å². The molecule has 0 saturated carbocycles. The van der Waals surface area contributed by atoms with Crippen molar-refractivity contribution in [2.24, 2.45) is 0 Å². The van der Waals surface area contributed by atoms with Gasteiger partial charge in [0.2, 0.25) is 10.0 Å². The van der Waals surface area contributed by atoms with E-state index < -0.39 is 15.8 Å². The van der Waals surface area contributed by atoms with Crippen LogP contribution in [0.15, 0.2) is 41.6 Å². The van der Waals surface area contributed by atoms with Crippen molar-refractivity contribution in [2.75, 3.05) is 12.3 Å². The van der Waals surface area contributed by atoms with E-state index in [1.165, 1.54) is 6.07 Å². The van der Waals surface area contributed by atoms with E-state index in [0.29, 0.717) is 6.54 Å². The number of benzene rings is 1. The Morgan fingerprint density at radius 2 is 2.16 bits per heavy atom. The predicted molar refractivity (Wildman–Crippen MR) is 68.2 cm³/mol. The van der Waals surface area contributed by atoms with Crippen molar-refractivity contribution in [2.45, 2.75) is 11.4 Å². The second-order valence-corrected chi connectivity index (χ2v) is 5.65. The molecule has 0 atom stereocenters. The molecule has 3 N–H and O–H groups in total. The van der Waals surface area contributed by atoms with Gasteiger partial charge in [0.15, 0.2) is 0 Å². The average molecular weight is 284 g/mol. The fourth-order valence-corrected chi connectivity index (χ4v) is 2.64. The zero-order valence-corrected chi connectivity index (χ0v) is 10.8. The van der Waals surface area contributed by atoms with Gasteiger partial charge in [-0.2, -0.15) is 5.10 Å². The first kappa shape index (κ1) is 13.5. The zero-order valence-electron chi connectivity index (χ0n) is 9.95. The first-order valence-electron chi connectivity index (χ1n) is 5.50. The highest BCUT2D eigenvalue weighted by Crippen LogP contribution is 2.15. The third kappa shape index (κ3) is 3.52. The molecule has 0 bridgehead atoms. The smallest absolute Gasteiger partial charge is 0.240 e. The van der Waals surface area contributed by atoms with Gasteiger partial charge in [-0.1, -0.05) is 0 Å². The van der Waals surface area contributed by atoms with E-state index in [1.54, 1.807) is 23.1 Å². The van der Waals surface area contributed by atoms with Crippen LogP contribution in [-0.2, 0) is 16.6 Å². The predicted octanol–water partition coefficient (Wildman–Crippen LogP) is 0.583. The molecule has 1 heterocycles. The highest BCUT2D eigenvalue weighted by molar-refractivity contribution is 7.89. The highest BCUT2D eigenvalue weighted by atomic mass is 32.2. The Morgan fingerprint density at radius 3 is 2.79 bits per heavy atom. The second-order valence-electron chi connectivity index (χ2n) is 3.89. The lowest BCUT2D eigenvalue weighted by Gasteiger charge is -2.07. The minimum atomic E-state index is -3.77. The average Bonchev–Trinajstić information content (AvgIpc) is 2.80. The van der Waals surface area contributed by atoms with Gasteiger partial charge in [-0.3, -0.25) is 4.68 Å². The SMILES string of the molecule is Nc1cc(F)cc(S(=O)(=O)NCCn2cccn2)c1. The largest absolute Gasteiger partial charge is 0.399 e. The van der Waals surface area contributed by atoms with Crippen LogP contribution in [0.1, 0.15) is 0 Å². The van der Waals surface area contributed by atoms with Gasteiger partial charge in [0.05, 0.1) is 11.4 Å². The summed E-state index contributed by atoms with van der Waals surface area (Å²) in [6, 6.07) is 4.93. The van der Waals surface area contributed by atoms with Crippen LogP contribution in [-0.4, -0.2) is 24.7 Å². The number of halogens is 1. The Bertz CT molecular complexity index is 635. The van der Waals surface area contributed by atoms with Crippen molar-refractivity contribution < 1.29 is 12.8 Å². The summed E-state index contributed by atoms with van der Waals surface area (Å²) in [5.74, 6) is -0.688. The van der Waals surface area contributed by atoms with Crippen molar-refractivity contribution in [3.8, 4) is 0 Å². The molecule has 0 aliphatic rings. The molecule has 6 nitrogen and oxygen atoms in total. The Labute approximate surface area is 110 Å². The Hall–Kier alpha value is -1.93. The molecule has 0 aliphatic carbocycles. The van der Waals surface area contributed by atoms with Crippen LogP contribution in [0.3, 0.4) is 0 Å². The number of hydrogen-bond acceptors (Lipinski definition) is 4. The third-order valence-electron chi connectivity index (χ3n) is 2.40. The van der Waals surface area contributed by atoms with E-state index in [0.717, 1.165) is 12.1 Å². The van der Waals surface area contributed by atoms with Crippen LogP contribution in [0.25, 0.3) is 0 Å². The van der Waals surface area contributed by atoms with Gasteiger partial charge in [0.1, 0.15) is 5.82 Å². The van der Waals surface area contributed by atoms with E-state index in [1.807, 2.05) is 0 Å². The molecule has 2 aromatic rings. The van der Waals surface area contributed by atoms with Crippen LogP contribution in [0, 0.1) is 5.82 Å². The summed E-state index contributed by atoms with van der Waals surface area (Å²) in [7, 11) is -3.77. The summed E-state index contributed by atoms with van der Waals surface area (Å²) >= 11 is 0. The third-order valence-corrected chi connectivity index (χ3v) is 3.84. The summed E-state index contributed by atoms with van der Waals surface area (Å²) in [6.07, 6.45) is 3.32. The molecule has 2 rings (SSSR count). The molecule has 1 aromatic heterocycles. The highest BCUT2D eigenvalue weighted by Gasteiger charge is 2.15. The molecular formula is C11H13FN4O2S. The maximum absolute atomic E-state index is 13.1. The zero-order chi connectivity index (χ0) is 13.9. The molecule has 0 unspecified atom stereocenters. The van der Waals surface area contributed by atoms with Crippen LogP contribution in [0.4, 0.5) is 10.1 Å². The number of hydrogen-bond donors (Lipinski definition) is 2. The Kier molecular flexibility index (Phi) is 3.82. The fraction of sp³-hybridized carbons (Fsp3) is 0.182. The van der Waals surface area contributed by atoms with Crippen LogP contribution < -0.4 is 10.5 Å². The normalized spacial score (nSPS) is 11.6. The number of anilines is 1. The van der Waals surface area contributed by atoms with Gasteiger partial charge >= 0.3 is 0 Å². The van der Waals surface area contributed by atoms with Crippen molar-refractivity contribution in [1.82, 2.24) is 14.5 Å². The lowest BCUT2D eigenvalue weighted by atomic mass is 10.3. The lowest BCUT2D eigenvalue weighted by molar-refractivity contribution is 0.559. The van der Waals surface area contributed by atoms with E-state index in [2.05, 4.69) is 9.82 Å². The molecule has 0 aliphatic heterocycles. The Morgan fingerprint density at radius 1 is 1.37 bits per heavy atom. The second kappa shape index (κ2) is 5.37. The first-order valence-corrected chi connectivity index (χ1v) is 6.99. The van der Waals surface area contributed by atoms with E-state index in [-0.39, 0.29) is 17.1 Å². The minimum Gasteiger partial charge on any atom is -0.399 e. The van der Waals surface area contributed by atoms with Gasteiger partial charge in [0.25, 0.3) is 0 Å². The van der Waals surface area contributed by atoms with Crippen molar-refractivity contribution in [1.29, 1.82) is 0 Å². The fourth-order valence-electron chi connectivity index (χ4n) is 1.55. The Balaban J connectivity index is 2.05. The molecule has 0 amide bonds. The molecule has 19 heavy (non-hydrogen) atoms. The van der Waals surface area contributed by atoms with Crippen molar-refractivity contribution in [3.05, 3.63) is 42.5 Å². The molecule has 0 fully saturated rings. The lowest BCUT2D eigenvalue weighted by Crippen LogP contribution is -2.27. The van der Waals surface area contributed by atoms with Crippen LogP contribution in [0.5, 0.6) is 0 Å². The molecule has 102 valence electrons. The molecule has 0 radical (unpaired) electrons. The molecule has 0 saturated heterocycles. The summed E-state index contributed by atoms with van der Waals surface area (Å²) in [5, 5.41) is 3.94. The summed E-state index contributed by atoms with van der Waals surface area (Å²) in [5.41, 5.74) is 5.48. The summed E-state index contributed by atoms with van der Waals surface area (Å²) in [4.78, 5) is -0.189. The van der Waals surface area contributed by atoms with Gasteiger partial charge in [0, 0.05) is 24.6 Å². The molecule has 1 aromatic carbocycles. The number of rotatable bonds is 5. The van der Waals surface area contributed by atoms with Crippen LogP contribution >= 0.6 is 0 Å². The van der Waals surface area contributed by atoms with E-state index >= 15 is 0 Å². The number of nitrogens with two attached hydrogens (primary N) is 1. The minimum absolute atomic E-state index is 0.0625. The standard InChI is InChI=1S/C11H13FN4O2S/c12-9-6-10(13)8-11(7-9)19(17,18)15-3-5-16-4-1-2-14-16/h1-2,4,6-8,15H,3,5,13H2. The molecular weight excluding hydrogens is 271 g/mol. The van der Waals surface area contributed by atoms with Crippen LogP contribution in [0.2, 0.25) is 0 Å². The monoisotopic (exact) mass is 284 g/mol. The quantitative estimate of drug-likeness (QED) is 0.786. The molecule has 0 spiro atoms. The van der Waals surface area contributed by atoms with E-state index in [9.17, 15) is 12.8 Å². The number of nitrogens with one attached hydrogen (secondary N) is 1.